The molecule has 2 saturated heterocycles. The summed E-state index contributed by atoms with van der Waals surface area (Å²) in [6.07, 6.45) is -0.479. The van der Waals surface area contributed by atoms with E-state index in [4.69, 9.17) is 44.3 Å². The highest BCUT2D eigenvalue weighted by Crippen LogP contribution is 2.26. The molecule has 0 aliphatic carbocycles. The molecule has 0 unspecified atom stereocenters. The summed E-state index contributed by atoms with van der Waals surface area (Å²) >= 11 is 17.0. The molecule has 2 heterocycles. The maximum Gasteiger partial charge on any atom is 0.417 e. The second-order valence-electron chi connectivity index (χ2n) is 9.70. The van der Waals surface area contributed by atoms with Gasteiger partial charge in [0.25, 0.3) is 11.8 Å². The number of hydrazine groups is 1. The number of cyclic esters (lactones) is 1. The lowest BCUT2D eigenvalue weighted by molar-refractivity contribution is -0.143. The molecule has 220 valence electrons. The number of nitrogens with one attached hydrogen (secondary N) is 2. The van der Waals surface area contributed by atoms with Crippen LogP contribution in [0.15, 0.2) is 54.6 Å². The summed E-state index contributed by atoms with van der Waals surface area (Å²) in [4.78, 5) is 53.2. The van der Waals surface area contributed by atoms with Crippen molar-refractivity contribution in [1.29, 1.82) is 0 Å². The Morgan fingerprint density at radius 1 is 1.12 bits per heavy atom. The Kier molecular flexibility index (Phi) is 10.2. The van der Waals surface area contributed by atoms with E-state index in [1.54, 1.807) is 12.1 Å². The largest absolute Gasteiger partial charge is 0.508 e. The number of halogens is 3. The van der Waals surface area contributed by atoms with Gasteiger partial charge in [-0.05, 0) is 42.5 Å². The van der Waals surface area contributed by atoms with Crippen LogP contribution in [-0.2, 0) is 31.9 Å². The number of imide groups is 1. The zero-order valence-corrected chi connectivity index (χ0v) is 24.1. The first kappa shape index (κ1) is 30.7. The van der Waals surface area contributed by atoms with Gasteiger partial charge in [-0.2, -0.15) is 0 Å². The van der Waals surface area contributed by atoms with Crippen molar-refractivity contribution in [1.82, 2.24) is 20.7 Å². The van der Waals surface area contributed by atoms with Crippen LogP contribution in [0.1, 0.15) is 24.0 Å². The number of rotatable bonds is 8. The average Bonchev–Trinajstić information content (AvgIpc) is 3.30. The molecule has 4 amide bonds. The van der Waals surface area contributed by atoms with Gasteiger partial charge in [-0.1, -0.05) is 77.3 Å². The van der Waals surface area contributed by atoms with E-state index in [1.807, 2.05) is 30.3 Å². The fraction of sp³-hybridized carbons (Fsp3) is 0.407. The van der Waals surface area contributed by atoms with E-state index < -0.39 is 52.5 Å². The minimum Gasteiger partial charge on any atom is -0.508 e. The molecule has 0 saturated carbocycles. The van der Waals surface area contributed by atoms with Crippen LogP contribution in [0.3, 0.4) is 0 Å². The maximum atomic E-state index is 13.6. The Bertz CT molecular complexity index is 1260. The number of carbonyl (C=O) groups is 4. The lowest BCUT2D eigenvalue weighted by Gasteiger charge is -2.36. The Morgan fingerprint density at radius 2 is 1.85 bits per heavy atom. The number of phenolic OH excluding ortho intramolecular Hbond substituents is 1. The first-order valence-corrected chi connectivity index (χ1v) is 14.0. The third kappa shape index (κ3) is 8.62. The maximum absolute atomic E-state index is 13.6. The van der Waals surface area contributed by atoms with Crippen LogP contribution in [0, 0.1) is 0 Å². The van der Waals surface area contributed by atoms with Gasteiger partial charge in [0.15, 0.2) is 0 Å². The normalized spacial score (nSPS) is 19.8. The van der Waals surface area contributed by atoms with Gasteiger partial charge in [-0.3, -0.25) is 14.6 Å². The van der Waals surface area contributed by atoms with Crippen molar-refractivity contribution in [2.75, 3.05) is 19.8 Å². The van der Waals surface area contributed by atoms with Crippen LogP contribution in [0.25, 0.3) is 0 Å². The molecule has 0 radical (unpaired) electrons. The minimum absolute atomic E-state index is 0.00943. The molecule has 2 aromatic carbocycles. The SMILES string of the molecule is O=C(N[C@H](Cc1cccc(O)c1)C(=O)N1CCC[C@@H](C(=O)N2C(=O)OC[C@@H]2Cc2ccccc2)N1)OCC(Cl)(Cl)Cl. The van der Waals surface area contributed by atoms with Gasteiger partial charge in [0.1, 0.15) is 31.0 Å². The highest BCUT2D eigenvalue weighted by Gasteiger charge is 2.43. The third-order valence-corrected chi connectivity index (χ3v) is 6.90. The molecular weight excluding hydrogens is 599 g/mol. The van der Waals surface area contributed by atoms with E-state index in [1.165, 1.54) is 17.1 Å². The molecule has 0 bridgehead atoms. The summed E-state index contributed by atoms with van der Waals surface area (Å²) in [7, 11) is 0. The first-order chi connectivity index (χ1) is 19.5. The Balaban J connectivity index is 1.46. The molecule has 14 heteroatoms. The number of hydrogen-bond acceptors (Lipinski definition) is 8. The summed E-state index contributed by atoms with van der Waals surface area (Å²) in [6.45, 7) is -0.242. The number of alkyl carbamates (subject to hydrolysis) is 1. The molecule has 41 heavy (non-hydrogen) atoms. The van der Waals surface area contributed by atoms with Gasteiger partial charge in [-0.25, -0.2) is 19.9 Å². The zero-order valence-electron chi connectivity index (χ0n) is 21.8. The minimum atomic E-state index is -1.85. The second kappa shape index (κ2) is 13.6. The van der Waals surface area contributed by atoms with Crippen molar-refractivity contribution < 1.29 is 33.8 Å². The van der Waals surface area contributed by atoms with Crippen molar-refractivity contribution in [2.24, 2.45) is 0 Å². The molecule has 2 aliphatic rings. The highest BCUT2D eigenvalue weighted by molar-refractivity contribution is 6.67. The van der Waals surface area contributed by atoms with Crippen LogP contribution >= 0.6 is 34.8 Å². The number of amides is 4. The molecule has 0 aromatic heterocycles. The molecule has 2 fully saturated rings. The van der Waals surface area contributed by atoms with Gasteiger partial charge in [0.05, 0.1) is 6.04 Å². The lowest BCUT2D eigenvalue weighted by atomic mass is 10.0. The summed E-state index contributed by atoms with van der Waals surface area (Å²) in [5, 5.41) is 13.6. The number of ether oxygens (including phenoxy) is 2. The second-order valence-corrected chi connectivity index (χ2v) is 12.2. The molecular formula is C27H29Cl3N4O7. The number of benzene rings is 2. The number of alkyl halides is 3. The number of aromatic hydroxyl groups is 1. The lowest BCUT2D eigenvalue weighted by Crippen LogP contribution is -2.62. The molecule has 2 aliphatic heterocycles. The van der Waals surface area contributed by atoms with Gasteiger partial charge in [0, 0.05) is 13.0 Å². The summed E-state index contributed by atoms with van der Waals surface area (Å²) in [5.41, 5.74) is 4.42. The van der Waals surface area contributed by atoms with Crippen molar-refractivity contribution in [3.8, 4) is 5.75 Å². The van der Waals surface area contributed by atoms with E-state index in [0.717, 1.165) is 10.5 Å². The fourth-order valence-corrected chi connectivity index (χ4v) is 4.86. The topological polar surface area (TPSA) is 138 Å². The van der Waals surface area contributed by atoms with E-state index in [0.29, 0.717) is 24.8 Å². The Labute approximate surface area is 251 Å². The number of carbonyl (C=O) groups excluding carboxylic acids is 4. The summed E-state index contributed by atoms with van der Waals surface area (Å²) in [6, 6.07) is 13.1. The van der Waals surface area contributed by atoms with Crippen molar-refractivity contribution in [2.45, 2.75) is 47.6 Å². The smallest absolute Gasteiger partial charge is 0.417 e. The highest BCUT2D eigenvalue weighted by atomic mass is 35.6. The fourth-order valence-electron chi connectivity index (χ4n) is 4.70. The average molecular weight is 628 g/mol. The standard InChI is InChI=1S/C27H29Cl3N4O7/c28-27(29,30)16-41-25(38)31-22(14-18-8-4-9-20(35)13-18)23(36)33-11-5-10-21(32-33)24(37)34-19(15-40-26(34)39)12-17-6-2-1-3-7-17/h1-4,6-9,13,19,21-22,32,35H,5,10-12,14-16H2,(H,31,38)/t19-,21-,22+/m0/s1. The van der Waals surface area contributed by atoms with Crippen LogP contribution in [0.2, 0.25) is 0 Å². The van der Waals surface area contributed by atoms with Gasteiger partial charge in [0.2, 0.25) is 3.79 Å². The number of hydrogen-bond donors (Lipinski definition) is 3. The molecule has 2 aromatic rings. The summed E-state index contributed by atoms with van der Waals surface area (Å²) < 4.78 is 8.28. The Morgan fingerprint density at radius 3 is 2.56 bits per heavy atom. The molecule has 4 rings (SSSR count). The Hall–Kier alpha value is -3.25. The van der Waals surface area contributed by atoms with E-state index >= 15 is 0 Å². The molecule has 3 atom stereocenters. The van der Waals surface area contributed by atoms with Gasteiger partial charge >= 0.3 is 12.2 Å². The molecule has 11 nitrogen and oxygen atoms in total. The molecule has 0 spiro atoms. The van der Waals surface area contributed by atoms with Crippen LogP contribution in [0.5, 0.6) is 5.75 Å². The number of phenols is 1. The van der Waals surface area contributed by atoms with Crippen molar-refractivity contribution in [3.63, 3.8) is 0 Å². The number of nitrogens with zero attached hydrogens (tertiary/aromatic N) is 2. The van der Waals surface area contributed by atoms with Gasteiger partial charge in [-0.15, -0.1) is 0 Å². The zero-order chi connectivity index (χ0) is 29.6. The van der Waals surface area contributed by atoms with Crippen molar-refractivity contribution >= 4 is 58.8 Å². The predicted octanol–water partition coefficient (Wildman–Crippen LogP) is 3.49. The van der Waals surface area contributed by atoms with E-state index in [2.05, 4.69) is 10.7 Å². The summed E-state index contributed by atoms with van der Waals surface area (Å²) in [5.74, 6) is -1.09. The van der Waals surface area contributed by atoms with Crippen LogP contribution in [-0.4, -0.2) is 80.7 Å². The van der Waals surface area contributed by atoms with E-state index in [-0.39, 0.29) is 25.3 Å². The quantitative estimate of drug-likeness (QED) is 0.379. The molecule has 3 N–H and O–H groups in total. The first-order valence-electron chi connectivity index (χ1n) is 12.9. The van der Waals surface area contributed by atoms with Crippen LogP contribution < -0.4 is 10.7 Å². The van der Waals surface area contributed by atoms with E-state index in [9.17, 15) is 24.3 Å². The van der Waals surface area contributed by atoms with Crippen molar-refractivity contribution in [3.05, 3.63) is 65.7 Å². The van der Waals surface area contributed by atoms with Crippen LogP contribution in [0.4, 0.5) is 9.59 Å². The monoisotopic (exact) mass is 626 g/mol. The van der Waals surface area contributed by atoms with Gasteiger partial charge < -0.3 is 19.9 Å². The third-order valence-electron chi connectivity index (χ3n) is 6.57. The predicted molar refractivity (Wildman–Crippen MR) is 150 cm³/mol.